The van der Waals surface area contributed by atoms with Crippen LogP contribution in [0.1, 0.15) is 78.1 Å². The minimum absolute atomic E-state index is 0.298. The van der Waals surface area contributed by atoms with Crippen molar-refractivity contribution in [2.24, 2.45) is 0 Å². The zero-order chi connectivity index (χ0) is 12.2. The van der Waals surface area contributed by atoms with Gasteiger partial charge in [0.25, 0.3) is 0 Å². The van der Waals surface area contributed by atoms with Gasteiger partial charge in [0, 0.05) is 0 Å². The molecule has 2 heteroatoms. The lowest BCUT2D eigenvalue weighted by Crippen LogP contribution is -2.17. The summed E-state index contributed by atoms with van der Waals surface area (Å²) in [5.74, 6) is 0. The third-order valence-corrected chi connectivity index (χ3v) is 3.06. The smallest absolute Gasteiger partial charge is 0.0564 e. The maximum Gasteiger partial charge on any atom is 0.0564 e. The maximum atomic E-state index is 9.69. The summed E-state index contributed by atoms with van der Waals surface area (Å²) in [5, 5.41) is 19.2. The molecule has 0 aliphatic carbocycles. The molecule has 0 aromatic carbocycles. The second kappa shape index (κ2) is 11.4. The topological polar surface area (TPSA) is 40.5 Å². The number of aliphatic hydroxyl groups is 2. The first-order valence-corrected chi connectivity index (χ1v) is 7.06. The van der Waals surface area contributed by atoms with Crippen molar-refractivity contribution < 1.29 is 10.2 Å². The van der Waals surface area contributed by atoms with Gasteiger partial charge in [-0.15, -0.1) is 0 Å². The molecule has 0 amide bonds. The van der Waals surface area contributed by atoms with Crippen molar-refractivity contribution in [3.63, 3.8) is 0 Å². The van der Waals surface area contributed by atoms with Gasteiger partial charge in [-0.25, -0.2) is 0 Å². The van der Waals surface area contributed by atoms with E-state index in [1.807, 2.05) is 0 Å². The van der Waals surface area contributed by atoms with E-state index in [4.69, 9.17) is 0 Å². The molecular weight excluding hydrogens is 200 g/mol. The lowest BCUT2D eigenvalue weighted by atomic mass is 10.0. The summed E-state index contributed by atoms with van der Waals surface area (Å²) in [6.45, 7) is 4.28. The molecule has 16 heavy (non-hydrogen) atoms. The molecule has 0 aromatic rings. The maximum absolute atomic E-state index is 9.69. The van der Waals surface area contributed by atoms with Crippen LogP contribution in [0.25, 0.3) is 0 Å². The van der Waals surface area contributed by atoms with Crippen LogP contribution in [0.3, 0.4) is 0 Å². The summed E-state index contributed by atoms with van der Waals surface area (Å²) < 4.78 is 0. The van der Waals surface area contributed by atoms with Gasteiger partial charge in [-0.05, 0) is 19.3 Å². The van der Waals surface area contributed by atoms with E-state index >= 15 is 0 Å². The normalized spacial score (nSPS) is 15.0. The van der Waals surface area contributed by atoms with Gasteiger partial charge < -0.3 is 10.2 Å². The summed E-state index contributed by atoms with van der Waals surface area (Å²) in [6, 6.07) is 0. The number of aliphatic hydroxyl groups excluding tert-OH is 2. The molecule has 0 saturated heterocycles. The van der Waals surface area contributed by atoms with E-state index in [1.54, 1.807) is 0 Å². The molecule has 0 radical (unpaired) electrons. The first kappa shape index (κ1) is 15.9. The SMILES string of the molecule is CCCCCCCC[C@@H](O)C[C@H](O)CCC. The Balaban J connectivity index is 3.26. The highest BCUT2D eigenvalue weighted by atomic mass is 16.3. The first-order chi connectivity index (χ1) is 7.70. The Morgan fingerprint density at radius 3 is 1.88 bits per heavy atom. The predicted octanol–water partition coefficient (Wildman–Crippen LogP) is 3.65. The lowest BCUT2D eigenvalue weighted by Gasteiger charge is -2.14. The average Bonchev–Trinajstić information content (AvgIpc) is 2.23. The summed E-state index contributed by atoms with van der Waals surface area (Å²) >= 11 is 0. The molecule has 0 spiro atoms. The Hall–Kier alpha value is -0.0800. The van der Waals surface area contributed by atoms with Crippen LogP contribution in [0.15, 0.2) is 0 Å². The van der Waals surface area contributed by atoms with E-state index in [2.05, 4.69) is 13.8 Å². The van der Waals surface area contributed by atoms with Gasteiger partial charge >= 0.3 is 0 Å². The van der Waals surface area contributed by atoms with E-state index in [0.717, 1.165) is 25.7 Å². The molecule has 2 nitrogen and oxygen atoms in total. The molecule has 2 atom stereocenters. The Labute approximate surface area is 101 Å². The van der Waals surface area contributed by atoms with Crippen LogP contribution >= 0.6 is 0 Å². The fourth-order valence-corrected chi connectivity index (χ4v) is 2.04. The second-order valence-electron chi connectivity index (χ2n) is 4.89. The number of hydrogen-bond acceptors (Lipinski definition) is 2. The van der Waals surface area contributed by atoms with Gasteiger partial charge in [-0.1, -0.05) is 58.8 Å². The fraction of sp³-hybridized carbons (Fsp3) is 1.00. The molecular formula is C14H30O2. The van der Waals surface area contributed by atoms with E-state index in [0.29, 0.717) is 6.42 Å². The van der Waals surface area contributed by atoms with E-state index < -0.39 is 0 Å². The van der Waals surface area contributed by atoms with Crippen LogP contribution in [0.2, 0.25) is 0 Å². The van der Waals surface area contributed by atoms with Gasteiger partial charge in [0.05, 0.1) is 12.2 Å². The lowest BCUT2D eigenvalue weighted by molar-refractivity contribution is 0.0692. The molecule has 0 aliphatic rings. The number of rotatable bonds is 11. The predicted molar refractivity (Wildman–Crippen MR) is 69.5 cm³/mol. The van der Waals surface area contributed by atoms with E-state index in [1.165, 1.54) is 32.1 Å². The largest absolute Gasteiger partial charge is 0.393 e. The highest BCUT2D eigenvalue weighted by Gasteiger charge is 2.10. The first-order valence-electron chi connectivity index (χ1n) is 7.06. The molecule has 98 valence electrons. The fourth-order valence-electron chi connectivity index (χ4n) is 2.04. The third-order valence-electron chi connectivity index (χ3n) is 3.06. The molecule has 0 aromatic heterocycles. The summed E-state index contributed by atoms with van der Waals surface area (Å²) in [5.41, 5.74) is 0. The van der Waals surface area contributed by atoms with Crippen molar-refractivity contribution in [1.82, 2.24) is 0 Å². The quantitative estimate of drug-likeness (QED) is 0.532. The Bertz CT molecular complexity index is 137. The Morgan fingerprint density at radius 1 is 0.688 bits per heavy atom. The zero-order valence-corrected chi connectivity index (χ0v) is 11.1. The highest BCUT2D eigenvalue weighted by molar-refractivity contribution is 4.63. The Kier molecular flexibility index (Phi) is 11.3. The van der Waals surface area contributed by atoms with Crippen molar-refractivity contribution in [2.45, 2.75) is 90.3 Å². The zero-order valence-electron chi connectivity index (χ0n) is 11.1. The number of unbranched alkanes of at least 4 members (excludes halogenated alkanes) is 5. The Morgan fingerprint density at radius 2 is 1.25 bits per heavy atom. The van der Waals surface area contributed by atoms with E-state index in [9.17, 15) is 10.2 Å². The molecule has 0 aliphatic heterocycles. The molecule has 0 heterocycles. The summed E-state index contributed by atoms with van der Waals surface area (Å²) in [4.78, 5) is 0. The van der Waals surface area contributed by atoms with Gasteiger partial charge in [0.2, 0.25) is 0 Å². The minimum Gasteiger partial charge on any atom is -0.393 e. The number of hydrogen-bond donors (Lipinski definition) is 2. The standard InChI is InChI=1S/C14H30O2/c1-3-5-6-7-8-9-11-14(16)12-13(15)10-4-2/h13-16H,3-12H2,1-2H3/t13-,14-/m1/s1. The second-order valence-corrected chi connectivity index (χ2v) is 4.89. The average molecular weight is 230 g/mol. The van der Waals surface area contributed by atoms with Crippen molar-refractivity contribution in [3.8, 4) is 0 Å². The van der Waals surface area contributed by atoms with Crippen molar-refractivity contribution in [2.75, 3.05) is 0 Å². The molecule has 0 rings (SSSR count). The van der Waals surface area contributed by atoms with Crippen molar-refractivity contribution >= 4 is 0 Å². The van der Waals surface area contributed by atoms with Crippen LogP contribution in [0.4, 0.5) is 0 Å². The molecule has 0 fully saturated rings. The molecule has 0 bridgehead atoms. The van der Waals surface area contributed by atoms with Crippen LogP contribution < -0.4 is 0 Å². The summed E-state index contributed by atoms with van der Waals surface area (Å²) in [7, 11) is 0. The van der Waals surface area contributed by atoms with Crippen molar-refractivity contribution in [3.05, 3.63) is 0 Å². The van der Waals surface area contributed by atoms with Gasteiger partial charge in [0.15, 0.2) is 0 Å². The van der Waals surface area contributed by atoms with Crippen LogP contribution in [-0.2, 0) is 0 Å². The third kappa shape index (κ3) is 10.4. The van der Waals surface area contributed by atoms with Gasteiger partial charge in [0.1, 0.15) is 0 Å². The molecule has 0 saturated carbocycles. The van der Waals surface area contributed by atoms with Gasteiger partial charge in [-0.2, -0.15) is 0 Å². The molecule has 2 N–H and O–H groups in total. The van der Waals surface area contributed by atoms with Crippen LogP contribution in [0.5, 0.6) is 0 Å². The van der Waals surface area contributed by atoms with Crippen LogP contribution in [0, 0.1) is 0 Å². The van der Waals surface area contributed by atoms with Gasteiger partial charge in [-0.3, -0.25) is 0 Å². The highest BCUT2D eigenvalue weighted by Crippen LogP contribution is 2.13. The van der Waals surface area contributed by atoms with E-state index in [-0.39, 0.29) is 12.2 Å². The van der Waals surface area contributed by atoms with Crippen molar-refractivity contribution in [1.29, 1.82) is 0 Å². The summed E-state index contributed by atoms with van der Waals surface area (Å²) in [6.07, 6.45) is 10.2. The molecule has 0 unspecified atom stereocenters. The minimum atomic E-state index is -0.305. The van der Waals surface area contributed by atoms with Crippen LogP contribution in [-0.4, -0.2) is 22.4 Å². The monoisotopic (exact) mass is 230 g/mol.